The first kappa shape index (κ1) is 13.1. The molecule has 0 aliphatic rings. The van der Waals surface area contributed by atoms with Gasteiger partial charge in [0.25, 0.3) is 0 Å². The first-order chi connectivity index (χ1) is 9.58. The fraction of sp³-hybridized carbons (Fsp3) is 0.200. The third-order valence-corrected chi connectivity index (χ3v) is 3.70. The second-order valence-electron chi connectivity index (χ2n) is 4.93. The number of nitrogens with zero attached hydrogens (tertiary/aromatic N) is 3. The topological polar surface area (TPSA) is 50.9 Å². The Morgan fingerprint density at radius 2 is 2.05 bits per heavy atom. The summed E-state index contributed by atoms with van der Waals surface area (Å²) in [5.74, 6) is 0.900. The molecule has 4 nitrogen and oxygen atoms in total. The monoisotopic (exact) mass is 331 g/mol. The number of hydrogen-bond acceptors (Lipinski definition) is 3. The predicted molar refractivity (Wildman–Crippen MR) is 82.7 cm³/mol. The Hall–Kier alpha value is -1.88. The summed E-state index contributed by atoms with van der Waals surface area (Å²) in [6, 6.07) is 8.04. The van der Waals surface area contributed by atoms with Crippen molar-refractivity contribution >= 4 is 27.0 Å². The molecule has 3 rings (SSSR count). The highest BCUT2D eigenvalue weighted by Gasteiger charge is 2.17. The predicted octanol–water partition coefficient (Wildman–Crippen LogP) is 4.15. The molecule has 0 saturated heterocycles. The van der Waals surface area contributed by atoms with E-state index in [2.05, 4.69) is 44.3 Å². The van der Waals surface area contributed by atoms with E-state index in [0.717, 1.165) is 21.3 Å². The van der Waals surface area contributed by atoms with Crippen molar-refractivity contribution in [1.29, 1.82) is 0 Å². The maximum absolute atomic E-state index is 10.0. The highest BCUT2D eigenvalue weighted by atomic mass is 79.9. The van der Waals surface area contributed by atoms with E-state index >= 15 is 0 Å². The molecule has 5 heteroatoms. The van der Waals surface area contributed by atoms with Gasteiger partial charge in [-0.3, -0.25) is 4.98 Å². The van der Waals surface area contributed by atoms with Crippen LogP contribution in [0.5, 0.6) is 5.75 Å². The van der Waals surface area contributed by atoms with Crippen molar-refractivity contribution in [3.05, 3.63) is 41.1 Å². The third-order valence-electron chi connectivity index (χ3n) is 3.21. The Labute approximate surface area is 125 Å². The highest BCUT2D eigenvalue weighted by molar-refractivity contribution is 9.10. The molecule has 3 aromatic rings. The van der Waals surface area contributed by atoms with Crippen molar-refractivity contribution in [3.63, 3.8) is 0 Å². The van der Waals surface area contributed by atoms with Crippen molar-refractivity contribution in [2.75, 3.05) is 0 Å². The molecule has 0 aliphatic carbocycles. The van der Waals surface area contributed by atoms with Crippen LogP contribution in [0.2, 0.25) is 0 Å². The number of pyridine rings is 1. The van der Waals surface area contributed by atoms with Crippen LogP contribution in [0.1, 0.15) is 19.9 Å². The van der Waals surface area contributed by atoms with Crippen molar-refractivity contribution in [2.45, 2.75) is 19.9 Å². The molecule has 2 aromatic heterocycles. The van der Waals surface area contributed by atoms with Crippen LogP contribution in [-0.2, 0) is 0 Å². The van der Waals surface area contributed by atoms with Crippen LogP contribution in [0.4, 0.5) is 0 Å². The number of imidazole rings is 1. The Kier molecular flexibility index (Phi) is 3.22. The van der Waals surface area contributed by atoms with Gasteiger partial charge in [-0.25, -0.2) is 4.98 Å². The highest BCUT2D eigenvalue weighted by Crippen LogP contribution is 2.33. The van der Waals surface area contributed by atoms with Gasteiger partial charge in [-0.15, -0.1) is 0 Å². The number of fused-ring (bicyclic) bond motifs is 1. The molecule has 0 atom stereocenters. The van der Waals surface area contributed by atoms with E-state index < -0.39 is 0 Å². The first-order valence-electron chi connectivity index (χ1n) is 6.39. The van der Waals surface area contributed by atoms with Crippen molar-refractivity contribution in [1.82, 2.24) is 14.5 Å². The molecule has 0 bridgehead atoms. The summed E-state index contributed by atoms with van der Waals surface area (Å²) in [6.45, 7) is 4.20. The minimum atomic E-state index is 0.142. The zero-order valence-corrected chi connectivity index (χ0v) is 12.8. The van der Waals surface area contributed by atoms with Crippen LogP contribution in [0.25, 0.3) is 22.4 Å². The van der Waals surface area contributed by atoms with Crippen LogP contribution in [0.3, 0.4) is 0 Å². The molecule has 0 amide bonds. The largest absolute Gasteiger partial charge is 0.506 e. The number of aromatic nitrogens is 3. The molecule has 102 valence electrons. The van der Waals surface area contributed by atoms with Gasteiger partial charge in [0.15, 0.2) is 0 Å². The van der Waals surface area contributed by atoms with E-state index in [0.29, 0.717) is 5.56 Å². The molecule has 0 spiro atoms. The Balaban J connectivity index is 2.35. The summed E-state index contributed by atoms with van der Waals surface area (Å²) in [7, 11) is 0. The minimum absolute atomic E-state index is 0.142. The molecule has 0 fully saturated rings. The van der Waals surface area contributed by atoms with Crippen molar-refractivity contribution in [3.8, 4) is 17.1 Å². The van der Waals surface area contributed by atoms with Crippen LogP contribution >= 0.6 is 15.9 Å². The molecular formula is C15H14BrN3O. The summed E-state index contributed by atoms with van der Waals surface area (Å²) >= 11 is 3.47. The number of aromatic hydroxyl groups is 1. The molecule has 0 radical (unpaired) electrons. The summed E-state index contributed by atoms with van der Waals surface area (Å²) in [5, 5.41) is 10.0. The van der Waals surface area contributed by atoms with E-state index in [1.54, 1.807) is 12.3 Å². The number of hydrogen-bond donors (Lipinski definition) is 1. The summed E-state index contributed by atoms with van der Waals surface area (Å²) in [6.07, 6.45) is 3.10. The van der Waals surface area contributed by atoms with Gasteiger partial charge >= 0.3 is 0 Å². The average Bonchev–Trinajstić information content (AvgIpc) is 2.77. The fourth-order valence-corrected chi connectivity index (χ4v) is 2.71. The number of rotatable bonds is 2. The third kappa shape index (κ3) is 2.08. The standard InChI is InChI=1S/C15H14BrN3O/c1-9(2)19-13-4-3-10(16)7-12(13)18-15(19)11-5-6-17-8-14(11)20/h3-9,20H,1-2H3. The maximum Gasteiger partial charge on any atom is 0.145 e. The van der Waals surface area contributed by atoms with Crippen LogP contribution in [-0.4, -0.2) is 19.6 Å². The molecule has 1 aromatic carbocycles. The summed E-state index contributed by atoms with van der Waals surface area (Å²) < 4.78 is 3.11. The zero-order valence-electron chi connectivity index (χ0n) is 11.2. The van der Waals surface area contributed by atoms with Gasteiger partial charge in [0, 0.05) is 16.7 Å². The Morgan fingerprint density at radius 1 is 1.25 bits per heavy atom. The molecule has 0 aliphatic heterocycles. The number of benzene rings is 1. The maximum atomic E-state index is 10.0. The van der Waals surface area contributed by atoms with Gasteiger partial charge in [-0.2, -0.15) is 0 Å². The molecular weight excluding hydrogens is 318 g/mol. The normalized spacial score (nSPS) is 11.4. The van der Waals surface area contributed by atoms with E-state index in [1.165, 1.54) is 6.20 Å². The number of halogens is 1. The lowest BCUT2D eigenvalue weighted by Gasteiger charge is -2.13. The lowest BCUT2D eigenvalue weighted by Crippen LogP contribution is -2.03. The average molecular weight is 332 g/mol. The SMILES string of the molecule is CC(C)n1c(-c2ccncc2O)nc2cc(Br)ccc21. The fourth-order valence-electron chi connectivity index (χ4n) is 2.36. The smallest absolute Gasteiger partial charge is 0.145 e. The lowest BCUT2D eigenvalue weighted by atomic mass is 10.2. The second kappa shape index (κ2) is 4.90. The van der Waals surface area contributed by atoms with Gasteiger partial charge in [0.1, 0.15) is 11.6 Å². The van der Waals surface area contributed by atoms with Crippen LogP contribution < -0.4 is 0 Å². The first-order valence-corrected chi connectivity index (χ1v) is 7.18. The van der Waals surface area contributed by atoms with E-state index in [-0.39, 0.29) is 11.8 Å². The van der Waals surface area contributed by atoms with Gasteiger partial charge in [-0.05, 0) is 38.1 Å². The Bertz CT molecular complexity index is 780. The molecule has 0 unspecified atom stereocenters. The molecule has 1 N–H and O–H groups in total. The molecule has 0 saturated carbocycles. The second-order valence-corrected chi connectivity index (χ2v) is 5.84. The van der Waals surface area contributed by atoms with E-state index in [4.69, 9.17) is 0 Å². The quantitative estimate of drug-likeness (QED) is 0.767. The van der Waals surface area contributed by atoms with Crippen LogP contribution in [0.15, 0.2) is 41.1 Å². The van der Waals surface area contributed by atoms with Gasteiger partial charge in [0.2, 0.25) is 0 Å². The van der Waals surface area contributed by atoms with Gasteiger partial charge in [-0.1, -0.05) is 15.9 Å². The van der Waals surface area contributed by atoms with Gasteiger partial charge < -0.3 is 9.67 Å². The molecule has 20 heavy (non-hydrogen) atoms. The Morgan fingerprint density at radius 3 is 2.75 bits per heavy atom. The summed E-state index contributed by atoms with van der Waals surface area (Å²) in [5.41, 5.74) is 2.65. The summed E-state index contributed by atoms with van der Waals surface area (Å²) in [4.78, 5) is 8.59. The van der Waals surface area contributed by atoms with E-state index in [9.17, 15) is 5.11 Å². The van der Waals surface area contributed by atoms with Crippen molar-refractivity contribution < 1.29 is 5.11 Å². The van der Waals surface area contributed by atoms with Crippen molar-refractivity contribution in [2.24, 2.45) is 0 Å². The minimum Gasteiger partial charge on any atom is -0.506 e. The zero-order chi connectivity index (χ0) is 14.3. The molecule has 2 heterocycles. The van der Waals surface area contributed by atoms with Gasteiger partial charge in [0.05, 0.1) is 22.8 Å². The van der Waals surface area contributed by atoms with E-state index in [1.807, 2.05) is 18.2 Å². The lowest BCUT2D eigenvalue weighted by molar-refractivity contribution is 0.473. The van der Waals surface area contributed by atoms with Crippen LogP contribution in [0, 0.1) is 0 Å².